The normalized spacial score (nSPS) is 13.1. The molecular weight excluding hydrogens is 368 g/mol. The highest BCUT2D eigenvalue weighted by molar-refractivity contribution is 6.32. The van der Waals surface area contributed by atoms with E-state index in [-0.39, 0.29) is 11.6 Å². The Morgan fingerprint density at radius 3 is 1.33 bits per heavy atom. The maximum Gasteiger partial charge on any atom is 0.194 e. The van der Waals surface area contributed by atoms with E-state index in [2.05, 4.69) is 24.3 Å². The van der Waals surface area contributed by atoms with E-state index in [0.29, 0.717) is 22.3 Å². The van der Waals surface area contributed by atoms with Crippen LogP contribution in [0.25, 0.3) is 32.3 Å². The van der Waals surface area contributed by atoms with Gasteiger partial charge in [0.05, 0.1) is 0 Å². The first kappa shape index (κ1) is 17.1. The maximum atomic E-state index is 13.6. The molecule has 1 aliphatic carbocycles. The number of ketones is 2. The Balaban J connectivity index is 1.70. The summed E-state index contributed by atoms with van der Waals surface area (Å²) in [6.07, 6.45) is 0. The summed E-state index contributed by atoms with van der Waals surface area (Å²) in [6.45, 7) is 3.90. The van der Waals surface area contributed by atoms with Gasteiger partial charge in [-0.05, 0) is 81.6 Å². The molecule has 0 atom stereocenters. The standard InChI is InChI=1S/C28H18O2/c1-15-21-9-5-6-10-22(21)16(2)26-25(15)27(29)23-13-19-11-17-7-3-4-8-18(17)12-20(19)14-24(23)28(26)30/h3-14H,1-2H3. The Morgan fingerprint density at radius 2 is 0.900 bits per heavy atom. The molecule has 0 aliphatic heterocycles. The van der Waals surface area contributed by atoms with Crippen molar-refractivity contribution in [3.63, 3.8) is 0 Å². The van der Waals surface area contributed by atoms with Gasteiger partial charge in [0.2, 0.25) is 0 Å². The highest BCUT2D eigenvalue weighted by atomic mass is 16.1. The number of aryl methyl sites for hydroxylation is 2. The average molecular weight is 386 g/mol. The Kier molecular flexibility index (Phi) is 3.35. The summed E-state index contributed by atoms with van der Waals surface area (Å²) in [7, 11) is 0. The van der Waals surface area contributed by atoms with Gasteiger partial charge in [0.1, 0.15) is 0 Å². The molecule has 0 N–H and O–H groups in total. The van der Waals surface area contributed by atoms with Crippen molar-refractivity contribution < 1.29 is 9.59 Å². The van der Waals surface area contributed by atoms with Crippen molar-refractivity contribution in [2.75, 3.05) is 0 Å². The third-order valence-corrected chi connectivity index (χ3v) is 6.52. The highest BCUT2D eigenvalue weighted by Gasteiger charge is 2.33. The molecule has 0 unspecified atom stereocenters. The summed E-state index contributed by atoms with van der Waals surface area (Å²) in [4.78, 5) is 27.3. The Bertz CT molecular complexity index is 1470. The molecule has 0 amide bonds. The minimum Gasteiger partial charge on any atom is -0.289 e. The summed E-state index contributed by atoms with van der Waals surface area (Å²) in [6, 6.07) is 24.1. The molecule has 0 heterocycles. The van der Waals surface area contributed by atoms with E-state index >= 15 is 0 Å². The zero-order chi connectivity index (χ0) is 20.6. The molecule has 6 rings (SSSR count). The van der Waals surface area contributed by atoms with E-state index in [9.17, 15) is 9.59 Å². The van der Waals surface area contributed by atoms with E-state index in [4.69, 9.17) is 0 Å². The summed E-state index contributed by atoms with van der Waals surface area (Å²) in [5.74, 6) is -0.109. The Hall–Kier alpha value is -3.78. The van der Waals surface area contributed by atoms with Crippen LogP contribution in [0.2, 0.25) is 0 Å². The van der Waals surface area contributed by atoms with Gasteiger partial charge in [-0.25, -0.2) is 0 Å². The maximum absolute atomic E-state index is 13.6. The van der Waals surface area contributed by atoms with Gasteiger partial charge in [-0.15, -0.1) is 0 Å². The van der Waals surface area contributed by atoms with Crippen LogP contribution in [0, 0.1) is 13.8 Å². The molecule has 142 valence electrons. The molecule has 0 bridgehead atoms. The van der Waals surface area contributed by atoms with E-state index in [1.165, 1.54) is 0 Å². The second kappa shape index (κ2) is 5.87. The summed E-state index contributed by atoms with van der Waals surface area (Å²) in [5, 5.41) is 6.27. The molecule has 5 aromatic rings. The fourth-order valence-corrected chi connectivity index (χ4v) is 4.99. The van der Waals surface area contributed by atoms with Gasteiger partial charge >= 0.3 is 0 Å². The van der Waals surface area contributed by atoms with Gasteiger partial charge in [-0.1, -0.05) is 48.5 Å². The molecule has 30 heavy (non-hydrogen) atoms. The topological polar surface area (TPSA) is 34.1 Å². The average Bonchev–Trinajstić information content (AvgIpc) is 2.77. The fraction of sp³-hybridized carbons (Fsp3) is 0.0714. The largest absolute Gasteiger partial charge is 0.289 e. The van der Waals surface area contributed by atoms with Crippen molar-refractivity contribution in [2.45, 2.75) is 13.8 Å². The van der Waals surface area contributed by atoms with Crippen molar-refractivity contribution in [3.8, 4) is 0 Å². The lowest BCUT2D eigenvalue weighted by Crippen LogP contribution is -2.23. The third kappa shape index (κ3) is 2.13. The molecule has 0 spiro atoms. The van der Waals surface area contributed by atoms with Crippen LogP contribution in [0.3, 0.4) is 0 Å². The van der Waals surface area contributed by atoms with Crippen LogP contribution < -0.4 is 0 Å². The fourth-order valence-electron chi connectivity index (χ4n) is 4.99. The number of carbonyl (C=O) groups is 2. The molecule has 5 aromatic carbocycles. The smallest absolute Gasteiger partial charge is 0.194 e. The predicted octanol–water partition coefficient (Wildman–Crippen LogP) is 6.54. The van der Waals surface area contributed by atoms with Crippen LogP contribution >= 0.6 is 0 Å². The molecule has 0 saturated heterocycles. The van der Waals surface area contributed by atoms with Crippen LogP contribution in [0.4, 0.5) is 0 Å². The second-order valence-corrected chi connectivity index (χ2v) is 8.15. The lowest BCUT2D eigenvalue weighted by molar-refractivity contribution is 0.0978. The third-order valence-electron chi connectivity index (χ3n) is 6.52. The first-order valence-electron chi connectivity index (χ1n) is 10.1. The van der Waals surface area contributed by atoms with E-state index in [1.54, 1.807) is 0 Å². The minimum absolute atomic E-state index is 0.0546. The molecular formula is C28H18O2. The van der Waals surface area contributed by atoms with Crippen LogP contribution in [0.5, 0.6) is 0 Å². The number of rotatable bonds is 0. The van der Waals surface area contributed by atoms with Gasteiger partial charge in [0.25, 0.3) is 0 Å². The van der Waals surface area contributed by atoms with E-state index < -0.39 is 0 Å². The van der Waals surface area contributed by atoms with Crippen molar-refractivity contribution >= 4 is 43.9 Å². The number of hydrogen-bond acceptors (Lipinski definition) is 2. The van der Waals surface area contributed by atoms with Crippen molar-refractivity contribution in [2.24, 2.45) is 0 Å². The number of benzene rings is 5. The molecule has 2 nitrogen and oxygen atoms in total. The summed E-state index contributed by atoms with van der Waals surface area (Å²) < 4.78 is 0. The Labute approximate surface area is 173 Å². The van der Waals surface area contributed by atoms with Crippen molar-refractivity contribution in [1.82, 2.24) is 0 Å². The minimum atomic E-state index is -0.0546. The quantitative estimate of drug-likeness (QED) is 0.278. The molecule has 0 aromatic heterocycles. The predicted molar refractivity (Wildman–Crippen MR) is 122 cm³/mol. The Morgan fingerprint density at radius 1 is 0.500 bits per heavy atom. The van der Waals surface area contributed by atoms with Crippen LogP contribution in [-0.4, -0.2) is 11.6 Å². The van der Waals surface area contributed by atoms with E-state index in [0.717, 1.165) is 43.4 Å². The van der Waals surface area contributed by atoms with Gasteiger partial charge in [0.15, 0.2) is 11.6 Å². The van der Waals surface area contributed by atoms with Gasteiger partial charge in [0, 0.05) is 22.3 Å². The molecule has 0 radical (unpaired) electrons. The SMILES string of the molecule is Cc1c2c(c(C)c3ccccc13)C(=O)c1cc3cc4ccccc4cc3cc1C2=O. The van der Waals surface area contributed by atoms with Gasteiger partial charge < -0.3 is 0 Å². The van der Waals surface area contributed by atoms with Crippen molar-refractivity contribution in [1.29, 1.82) is 0 Å². The molecule has 0 fully saturated rings. The second-order valence-electron chi connectivity index (χ2n) is 8.15. The van der Waals surface area contributed by atoms with Gasteiger partial charge in [-0.3, -0.25) is 9.59 Å². The van der Waals surface area contributed by atoms with Gasteiger partial charge in [-0.2, -0.15) is 0 Å². The van der Waals surface area contributed by atoms with Crippen molar-refractivity contribution in [3.05, 3.63) is 106 Å². The highest BCUT2D eigenvalue weighted by Crippen LogP contribution is 2.38. The zero-order valence-electron chi connectivity index (χ0n) is 16.7. The number of fused-ring (bicyclic) bond motifs is 5. The summed E-state index contributed by atoms with van der Waals surface area (Å²) in [5.41, 5.74) is 3.90. The zero-order valence-corrected chi connectivity index (χ0v) is 16.7. The first-order chi connectivity index (χ1) is 14.5. The van der Waals surface area contributed by atoms with E-state index in [1.807, 2.05) is 62.4 Å². The van der Waals surface area contributed by atoms with Crippen LogP contribution in [-0.2, 0) is 0 Å². The monoisotopic (exact) mass is 386 g/mol. The summed E-state index contributed by atoms with van der Waals surface area (Å²) >= 11 is 0. The molecule has 1 aliphatic rings. The number of carbonyl (C=O) groups excluding carboxylic acids is 2. The molecule has 0 saturated carbocycles. The number of hydrogen-bond donors (Lipinski definition) is 0. The van der Waals surface area contributed by atoms with Crippen LogP contribution in [0.15, 0.2) is 72.8 Å². The lowest BCUT2D eigenvalue weighted by Gasteiger charge is -2.23. The van der Waals surface area contributed by atoms with Crippen LogP contribution in [0.1, 0.15) is 43.0 Å². The first-order valence-corrected chi connectivity index (χ1v) is 10.1. The molecule has 2 heteroatoms. The lowest BCUT2D eigenvalue weighted by atomic mass is 9.77.